The van der Waals surface area contributed by atoms with E-state index in [2.05, 4.69) is 39.3 Å². The number of nitrogens with zero attached hydrogens (tertiary/aromatic N) is 5. The van der Waals surface area contributed by atoms with Gasteiger partial charge < -0.3 is 0 Å². The van der Waals surface area contributed by atoms with E-state index in [4.69, 9.17) is 0 Å². The standard InChI is InChI=1S/C13H12N6S2/c1-7(2)8-6-9(15-14-8)12-18-19-11(10-4-3-5-20-10)16-17-13(19)21-12/h3-7H,1-2H3,(H,14,15). The Bertz CT molecular complexity index is 883. The van der Waals surface area contributed by atoms with Crippen LogP contribution in [0.3, 0.4) is 0 Å². The van der Waals surface area contributed by atoms with Gasteiger partial charge in [0.15, 0.2) is 10.8 Å². The molecule has 0 atom stereocenters. The summed E-state index contributed by atoms with van der Waals surface area (Å²) in [4.78, 5) is 1.84. The minimum absolute atomic E-state index is 0.415. The van der Waals surface area contributed by atoms with E-state index in [-0.39, 0.29) is 0 Å². The van der Waals surface area contributed by atoms with Crippen LogP contribution in [0.25, 0.3) is 26.4 Å². The third-order valence-corrected chi connectivity index (χ3v) is 4.96. The molecule has 0 unspecified atom stereocenters. The molecular weight excluding hydrogens is 304 g/mol. The van der Waals surface area contributed by atoms with Gasteiger partial charge in [-0.2, -0.15) is 14.7 Å². The molecule has 6 nitrogen and oxygen atoms in total. The largest absolute Gasteiger partial charge is 0.282 e. The minimum atomic E-state index is 0.415. The summed E-state index contributed by atoms with van der Waals surface area (Å²) in [5.41, 5.74) is 1.96. The average Bonchev–Trinajstić information content (AvgIpc) is 3.21. The smallest absolute Gasteiger partial charge is 0.235 e. The molecule has 8 heteroatoms. The fourth-order valence-electron chi connectivity index (χ4n) is 2.02. The molecule has 0 saturated heterocycles. The number of aromatic nitrogens is 6. The highest BCUT2D eigenvalue weighted by Crippen LogP contribution is 2.29. The number of rotatable bonds is 3. The van der Waals surface area contributed by atoms with Crippen molar-refractivity contribution < 1.29 is 0 Å². The summed E-state index contributed by atoms with van der Waals surface area (Å²) < 4.78 is 1.79. The van der Waals surface area contributed by atoms with Crippen LogP contribution in [0.4, 0.5) is 0 Å². The van der Waals surface area contributed by atoms with Gasteiger partial charge in [-0.3, -0.25) is 5.10 Å². The Morgan fingerprint density at radius 3 is 2.90 bits per heavy atom. The van der Waals surface area contributed by atoms with E-state index >= 15 is 0 Å². The second-order valence-electron chi connectivity index (χ2n) is 4.97. The van der Waals surface area contributed by atoms with Gasteiger partial charge in [0, 0.05) is 5.69 Å². The topological polar surface area (TPSA) is 71.8 Å². The molecule has 0 spiro atoms. The summed E-state index contributed by atoms with van der Waals surface area (Å²) >= 11 is 3.12. The van der Waals surface area contributed by atoms with Gasteiger partial charge in [-0.1, -0.05) is 31.3 Å². The molecule has 0 amide bonds. The first-order valence-electron chi connectivity index (χ1n) is 6.54. The van der Waals surface area contributed by atoms with Gasteiger partial charge in [0.1, 0.15) is 5.69 Å². The van der Waals surface area contributed by atoms with Crippen LogP contribution in [0.15, 0.2) is 23.6 Å². The second kappa shape index (κ2) is 4.74. The van der Waals surface area contributed by atoms with Gasteiger partial charge in [-0.15, -0.1) is 21.5 Å². The molecule has 0 aromatic carbocycles. The summed E-state index contributed by atoms with van der Waals surface area (Å²) in [6.45, 7) is 4.26. The highest BCUT2D eigenvalue weighted by Gasteiger charge is 2.17. The lowest BCUT2D eigenvalue weighted by Crippen LogP contribution is -1.89. The van der Waals surface area contributed by atoms with Crippen molar-refractivity contribution in [3.8, 4) is 21.4 Å². The van der Waals surface area contributed by atoms with E-state index in [1.54, 1.807) is 15.9 Å². The van der Waals surface area contributed by atoms with Crippen LogP contribution in [0.2, 0.25) is 0 Å². The number of hydrogen-bond donors (Lipinski definition) is 1. The molecule has 1 N–H and O–H groups in total. The Kier molecular flexibility index (Phi) is 2.86. The third kappa shape index (κ3) is 2.07. The summed E-state index contributed by atoms with van der Waals surface area (Å²) in [7, 11) is 0. The van der Waals surface area contributed by atoms with Crippen molar-refractivity contribution in [1.29, 1.82) is 0 Å². The van der Waals surface area contributed by atoms with E-state index in [0.717, 1.165) is 32.1 Å². The van der Waals surface area contributed by atoms with Crippen LogP contribution in [0.1, 0.15) is 25.5 Å². The predicted molar refractivity (Wildman–Crippen MR) is 83.6 cm³/mol. The van der Waals surface area contributed by atoms with E-state index in [1.807, 2.05) is 23.6 Å². The van der Waals surface area contributed by atoms with Gasteiger partial charge in [-0.25, -0.2) is 0 Å². The normalized spacial score (nSPS) is 11.8. The molecule has 0 radical (unpaired) electrons. The Hall–Kier alpha value is -2.06. The molecule has 106 valence electrons. The molecule has 0 bridgehead atoms. The number of thiophene rings is 1. The van der Waals surface area contributed by atoms with Crippen LogP contribution >= 0.6 is 22.7 Å². The summed E-state index contributed by atoms with van der Waals surface area (Å²) in [6.07, 6.45) is 0. The number of fused-ring (bicyclic) bond motifs is 1. The van der Waals surface area contributed by atoms with Gasteiger partial charge in [-0.05, 0) is 23.4 Å². The molecule has 4 heterocycles. The van der Waals surface area contributed by atoms with Crippen LogP contribution < -0.4 is 0 Å². The maximum Gasteiger partial charge on any atom is 0.235 e. The Morgan fingerprint density at radius 1 is 1.29 bits per heavy atom. The van der Waals surface area contributed by atoms with Crippen molar-refractivity contribution in [1.82, 2.24) is 30.0 Å². The summed E-state index contributed by atoms with van der Waals surface area (Å²) in [5, 5.41) is 23.3. The molecule has 4 aromatic heterocycles. The molecule has 0 saturated carbocycles. The lowest BCUT2D eigenvalue weighted by atomic mass is 10.1. The number of H-pyrrole nitrogens is 1. The van der Waals surface area contributed by atoms with Crippen molar-refractivity contribution in [2.24, 2.45) is 0 Å². The molecule has 0 aliphatic heterocycles. The number of nitrogens with one attached hydrogen (secondary N) is 1. The Morgan fingerprint density at radius 2 is 2.19 bits per heavy atom. The van der Waals surface area contributed by atoms with E-state index in [9.17, 15) is 0 Å². The highest BCUT2D eigenvalue weighted by molar-refractivity contribution is 7.19. The lowest BCUT2D eigenvalue weighted by Gasteiger charge is -1.96. The first kappa shape index (κ1) is 12.7. The van der Waals surface area contributed by atoms with Crippen LogP contribution in [-0.4, -0.2) is 30.0 Å². The van der Waals surface area contributed by atoms with Crippen LogP contribution in [0, 0.1) is 0 Å². The Balaban J connectivity index is 1.80. The van der Waals surface area contributed by atoms with E-state index in [1.165, 1.54) is 11.3 Å². The fraction of sp³-hybridized carbons (Fsp3) is 0.231. The zero-order valence-corrected chi connectivity index (χ0v) is 13.1. The molecule has 0 fully saturated rings. The maximum atomic E-state index is 4.61. The average molecular weight is 316 g/mol. The second-order valence-corrected chi connectivity index (χ2v) is 6.87. The summed E-state index contributed by atoms with van der Waals surface area (Å²) in [5.74, 6) is 1.20. The Labute approximate surface area is 128 Å². The molecule has 21 heavy (non-hydrogen) atoms. The van der Waals surface area contributed by atoms with Crippen LogP contribution in [0.5, 0.6) is 0 Å². The highest BCUT2D eigenvalue weighted by atomic mass is 32.1. The monoisotopic (exact) mass is 316 g/mol. The van der Waals surface area contributed by atoms with Gasteiger partial charge >= 0.3 is 0 Å². The van der Waals surface area contributed by atoms with Gasteiger partial charge in [0.2, 0.25) is 4.96 Å². The molecule has 4 rings (SSSR count). The first-order chi connectivity index (χ1) is 10.2. The fourth-order valence-corrected chi connectivity index (χ4v) is 3.52. The summed E-state index contributed by atoms with van der Waals surface area (Å²) in [6, 6.07) is 6.06. The molecule has 0 aliphatic rings. The van der Waals surface area contributed by atoms with Crippen molar-refractivity contribution >= 4 is 27.6 Å². The minimum Gasteiger partial charge on any atom is -0.282 e. The van der Waals surface area contributed by atoms with Gasteiger partial charge in [0.05, 0.1) is 4.88 Å². The van der Waals surface area contributed by atoms with Crippen molar-refractivity contribution in [3.63, 3.8) is 0 Å². The van der Waals surface area contributed by atoms with E-state index in [0.29, 0.717) is 5.92 Å². The zero-order chi connectivity index (χ0) is 14.4. The van der Waals surface area contributed by atoms with Crippen LogP contribution in [-0.2, 0) is 0 Å². The third-order valence-electron chi connectivity index (χ3n) is 3.17. The van der Waals surface area contributed by atoms with Gasteiger partial charge in [0.25, 0.3) is 0 Å². The zero-order valence-electron chi connectivity index (χ0n) is 11.4. The number of aromatic amines is 1. The quantitative estimate of drug-likeness (QED) is 0.628. The molecular formula is C13H12N6S2. The van der Waals surface area contributed by atoms with Crippen molar-refractivity contribution in [2.45, 2.75) is 19.8 Å². The maximum absolute atomic E-state index is 4.61. The predicted octanol–water partition coefficient (Wildman–Crippen LogP) is 3.43. The molecule has 0 aliphatic carbocycles. The number of hydrogen-bond acceptors (Lipinski definition) is 6. The van der Waals surface area contributed by atoms with Crippen molar-refractivity contribution in [3.05, 3.63) is 29.3 Å². The lowest BCUT2D eigenvalue weighted by molar-refractivity contribution is 0.810. The van der Waals surface area contributed by atoms with Crippen molar-refractivity contribution in [2.75, 3.05) is 0 Å². The van der Waals surface area contributed by atoms with E-state index < -0.39 is 0 Å². The molecule has 4 aromatic rings. The first-order valence-corrected chi connectivity index (χ1v) is 8.24. The SMILES string of the molecule is CC(C)c1cc(-c2nn3c(-c4cccs4)nnc3s2)n[nH]1.